The highest BCUT2D eigenvalue weighted by atomic mass is 32.1. The number of benzene rings is 1. The Morgan fingerprint density at radius 2 is 1.91 bits per heavy atom. The van der Waals surface area contributed by atoms with Gasteiger partial charge in [0.15, 0.2) is 10.7 Å². The molecule has 1 aliphatic heterocycles. The Morgan fingerprint density at radius 1 is 1.22 bits per heavy atom. The van der Waals surface area contributed by atoms with E-state index < -0.39 is 5.54 Å². The number of carbonyl (C=O) groups excluding carboxylic acids is 1. The van der Waals surface area contributed by atoms with Crippen LogP contribution in [0.1, 0.15) is 19.6 Å². The molecule has 1 amide bonds. The summed E-state index contributed by atoms with van der Waals surface area (Å²) < 4.78 is 10.8. The highest BCUT2D eigenvalue weighted by Crippen LogP contribution is 2.39. The standard InChI is InChI=1S/C17H18N2O3S/c1-11(2)17(13-9-10-14(21-3)22-13)15(20)19(16(23)18-17)12-7-5-4-6-8-12/h4-11H,1-3H3,(H,18,23)/t17-/m0/s1. The average Bonchev–Trinajstić information content (AvgIpc) is 3.11. The third-order valence-corrected chi connectivity index (χ3v) is 4.38. The molecule has 1 aromatic carbocycles. The van der Waals surface area contributed by atoms with Gasteiger partial charge in [-0.3, -0.25) is 9.69 Å². The molecule has 23 heavy (non-hydrogen) atoms. The molecule has 1 aliphatic rings. The van der Waals surface area contributed by atoms with E-state index in [0.717, 1.165) is 5.69 Å². The number of carbonyl (C=O) groups is 1. The van der Waals surface area contributed by atoms with E-state index in [4.69, 9.17) is 21.4 Å². The molecule has 6 heteroatoms. The first kappa shape index (κ1) is 15.6. The molecule has 1 saturated heterocycles. The Balaban J connectivity index is 2.09. The number of methoxy groups -OCH3 is 1. The molecule has 0 bridgehead atoms. The molecular weight excluding hydrogens is 312 g/mol. The summed E-state index contributed by atoms with van der Waals surface area (Å²) in [6.45, 7) is 3.91. The Morgan fingerprint density at radius 3 is 2.48 bits per heavy atom. The van der Waals surface area contributed by atoms with Gasteiger partial charge in [0, 0.05) is 6.07 Å². The second kappa shape index (κ2) is 5.70. The second-order valence-electron chi connectivity index (χ2n) is 5.69. The molecule has 1 fully saturated rings. The summed E-state index contributed by atoms with van der Waals surface area (Å²) in [7, 11) is 1.52. The monoisotopic (exact) mass is 330 g/mol. The first-order valence-electron chi connectivity index (χ1n) is 7.36. The van der Waals surface area contributed by atoms with Crippen LogP contribution < -0.4 is 15.0 Å². The van der Waals surface area contributed by atoms with Crippen molar-refractivity contribution in [3.05, 3.63) is 48.2 Å². The van der Waals surface area contributed by atoms with Crippen LogP contribution in [-0.2, 0) is 10.3 Å². The van der Waals surface area contributed by atoms with Crippen molar-refractivity contribution >= 4 is 28.9 Å². The van der Waals surface area contributed by atoms with Crippen molar-refractivity contribution < 1.29 is 13.9 Å². The van der Waals surface area contributed by atoms with Gasteiger partial charge in [-0.25, -0.2) is 0 Å². The molecule has 2 aromatic rings. The van der Waals surface area contributed by atoms with Crippen LogP contribution in [-0.4, -0.2) is 18.1 Å². The quantitative estimate of drug-likeness (QED) is 0.873. The third kappa shape index (κ3) is 2.30. The summed E-state index contributed by atoms with van der Waals surface area (Å²) in [5.74, 6) is 0.632. The fraction of sp³-hybridized carbons (Fsp3) is 0.294. The van der Waals surface area contributed by atoms with Crippen LogP contribution in [0.5, 0.6) is 5.95 Å². The number of amides is 1. The molecule has 3 rings (SSSR count). The molecule has 0 spiro atoms. The molecule has 0 aliphatic carbocycles. The molecule has 0 unspecified atom stereocenters. The van der Waals surface area contributed by atoms with Gasteiger partial charge < -0.3 is 14.5 Å². The van der Waals surface area contributed by atoms with Gasteiger partial charge in [0.05, 0.1) is 12.8 Å². The van der Waals surface area contributed by atoms with Crippen LogP contribution in [0.2, 0.25) is 0 Å². The highest BCUT2D eigenvalue weighted by molar-refractivity contribution is 7.80. The van der Waals surface area contributed by atoms with E-state index in [1.54, 1.807) is 12.1 Å². The average molecular weight is 330 g/mol. The van der Waals surface area contributed by atoms with Crippen molar-refractivity contribution in [3.8, 4) is 5.95 Å². The normalized spacial score (nSPS) is 21.0. The fourth-order valence-electron chi connectivity index (χ4n) is 2.84. The maximum Gasteiger partial charge on any atom is 0.284 e. The van der Waals surface area contributed by atoms with E-state index in [2.05, 4.69) is 5.32 Å². The summed E-state index contributed by atoms with van der Waals surface area (Å²) >= 11 is 5.42. The lowest BCUT2D eigenvalue weighted by Crippen LogP contribution is -2.48. The van der Waals surface area contributed by atoms with Gasteiger partial charge in [-0.15, -0.1) is 0 Å². The van der Waals surface area contributed by atoms with Crippen molar-refractivity contribution in [2.24, 2.45) is 5.92 Å². The second-order valence-corrected chi connectivity index (χ2v) is 6.08. The van der Waals surface area contributed by atoms with E-state index in [1.165, 1.54) is 12.0 Å². The SMILES string of the molecule is COc1ccc([C@]2(C(C)C)NC(=S)N(c3ccccc3)C2=O)o1. The molecular formula is C17H18N2O3S. The van der Waals surface area contributed by atoms with Gasteiger partial charge in [0.1, 0.15) is 5.76 Å². The van der Waals surface area contributed by atoms with E-state index in [-0.39, 0.29) is 11.8 Å². The summed E-state index contributed by atoms with van der Waals surface area (Å²) in [6, 6.07) is 12.8. The number of nitrogens with zero attached hydrogens (tertiary/aromatic N) is 1. The maximum absolute atomic E-state index is 13.3. The number of hydrogen-bond acceptors (Lipinski definition) is 4. The number of furan rings is 1. The summed E-state index contributed by atoms with van der Waals surface area (Å²) in [5, 5.41) is 3.54. The van der Waals surface area contributed by atoms with Crippen LogP contribution in [0.3, 0.4) is 0 Å². The molecule has 2 heterocycles. The number of hydrogen-bond donors (Lipinski definition) is 1. The first-order valence-corrected chi connectivity index (χ1v) is 7.77. The number of anilines is 1. The molecule has 5 nitrogen and oxygen atoms in total. The van der Waals surface area contributed by atoms with Crippen molar-refractivity contribution in [1.29, 1.82) is 0 Å². The largest absolute Gasteiger partial charge is 0.468 e. The Labute approximate surface area is 140 Å². The van der Waals surface area contributed by atoms with E-state index in [1.807, 2.05) is 44.2 Å². The number of para-hydroxylation sites is 1. The fourth-order valence-corrected chi connectivity index (χ4v) is 3.19. The van der Waals surface area contributed by atoms with Crippen LogP contribution in [0.25, 0.3) is 0 Å². The van der Waals surface area contributed by atoms with Crippen molar-refractivity contribution in [2.75, 3.05) is 12.0 Å². The van der Waals surface area contributed by atoms with Gasteiger partial charge in [-0.05, 0) is 36.3 Å². The van der Waals surface area contributed by atoms with Crippen molar-refractivity contribution in [2.45, 2.75) is 19.4 Å². The lowest BCUT2D eigenvalue weighted by molar-refractivity contribution is -0.124. The molecule has 0 radical (unpaired) electrons. The summed E-state index contributed by atoms with van der Waals surface area (Å²) in [6.07, 6.45) is 0. The van der Waals surface area contributed by atoms with Crippen LogP contribution >= 0.6 is 12.2 Å². The predicted octanol–water partition coefficient (Wildman–Crippen LogP) is 3.06. The number of ether oxygens (including phenoxy) is 1. The van der Waals surface area contributed by atoms with E-state index in [0.29, 0.717) is 16.8 Å². The Kier molecular flexibility index (Phi) is 3.85. The summed E-state index contributed by atoms with van der Waals surface area (Å²) in [5.41, 5.74) is -0.306. The highest BCUT2D eigenvalue weighted by Gasteiger charge is 2.55. The van der Waals surface area contributed by atoms with E-state index >= 15 is 0 Å². The molecule has 1 aromatic heterocycles. The van der Waals surface area contributed by atoms with Gasteiger partial charge in [-0.2, -0.15) is 0 Å². The van der Waals surface area contributed by atoms with Gasteiger partial charge in [0.2, 0.25) is 0 Å². The smallest absolute Gasteiger partial charge is 0.284 e. The lowest BCUT2D eigenvalue weighted by atomic mass is 9.84. The number of rotatable bonds is 4. The van der Waals surface area contributed by atoms with Crippen molar-refractivity contribution in [1.82, 2.24) is 5.32 Å². The molecule has 0 saturated carbocycles. The minimum absolute atomic E-state index is 0.0717. The maximum atomic E-state index is 13.3. The van der Waals surface area contributed by atoms with E-state index in [9.17, 15) is 4.79 Å². The topological polar surface area (TPSA) is 54.7 Å². The molecule has 120 valence electrons. The Hall–Kier alpha value is -2.34. The van der Waals surface area contributed by atoms with Crippen LogP contribution in [0, 0.1) is 5.92 Å². The van der Waals surface area contributed by atoms with Gasteiger partial charge in [-0.1, -0.05) is 32.0 Å². The van der Waals surface area contributed by atoms with Crippen molar-refractivity contribution in [3.63, 3.8) is 0 Å². The zero-order valence-electron chi connectivity index (χ0n) is 13.2. The lowest BCUT2D eigenvalue weighted by Gasteiger charge is -2.28. The summed E-state index contributed by atoms with van der Waals surface area (Å²) in [4.78, 5) is 14.8. The van der Waals surface area contributed by atoms with Crippen LogP contribution in [0.4, 0.5) is 5.69 Å². The predicted molar refractivity (Wildman–Crippen MR) is 91.4 cm³/mol. The van der Waals surface area contributed by atoms with Gasteiger partial charge in [0.25, 0.3) is 11.9 Å². The molecule has 1 N–H and O–H groups in total. The number of nitrogens with one attached hydrogen (secondary N) is 1. The Bertz CT molecular complexity index is 741. The zero-order valence-corrected chi connectivity index (χ0v) is 14.0. The zero-order chi connectivity index (χ0) is 16.6. The molecule has 1 atom stereocenters. The first-order chi connectivity index (χ1) is 11.0. The minimum atomic E-state index is -1.04. The number of thiocarbonyl (C=S) groups is 1. The third-order valence-electron chi connectivity index (χ3n) is 4.10. The van der Waals surface area contributed by atoms with Crippen LogP contribution in [0.15, 0.2) is 46.9 Å². The minimum Gasteiger partial charge on any atom is -0.468 e. The van der Waals surface area contributed by atoms with Gasteiger partial charge >= 0.3 is 0 Å².